The third kappa shape index (κ3) is 3.34. The molecule has 0 bridgehead atoms. The molecule has 1 heteroatoms. The van der Waals surface area contributed by atoms with Crippen LogP contribution in [0.2, 0.25) is 0 Å². The normalized spacial score (nSPS) is 12.2. The van der Waals surface area contributed by atoms with E-state index in [2.05, 4.69) is 134 Å². The molecule has 0 fully saturated rings. The lowest BCUT2D eigenvalue weighted by atomic mass is 9.82. The molecular formula is C32H25Br. The molecule has 0 saturated heterocycles. The second-order valence-electron chi connectivity index (χ2n) is 10.0. The van der Waals surface area contributed by atoms with Gasteiger partial charge in [-0.2, -0.15) is 0 Å². The predicted molar refractivity (Wildman–Crippen MR) is 147 cm³/mol. The highest BCUT2D eigenvalue weighted by molar-refractivity contribution is 9.10. The first-order chi connectivity index (χ1) is 15.9. The van der Waals surface area contributed by atoms with Crippen molar-refractivity contribution in [3.8, 4) is 22.3 Å². The predicted octanol–water partition coefficient (Wildman–Crippen LogP) is 9.98. The minimum Gasteiger partial charge on any atom is -0.0622 e. The Balaban J connectivity index is 1.65. The summed E-state index contributed by atoms with van der Waals surface area (Å²) in [5, 5.41) is 7.92. The molecule has 0 spiro atoms. The molecule has 0 aliphatic heterocycles. The van der Waals surface area contributed by atoms with Crippen LogP contribution < -0.4 is 0 Å². The third-order valence-corrected chi connectivity index (χ3v) is 7.47. The van der Waals surface area contributed by atoms with Gasteiger partial charge < -0.3 is 0 Å². The summed E-state index contributed by atoms with van der Waals surface area (Å²) >= 11 is 3.90. The maximum Gasteiger partial charge on any atom is 0.0260 e. The van der Waals surface area contributed by atoms with Gasteiger partial charge in [-0.3, -0.25) is 0 Å². The molecule has 0 aromatic heterocycles. The maximum absolute atomic E-state index is 3.90. The number of halogens is 1. The van der Waals surface area contributed by atoms with E-state index in [1.54, 1.807) is 0 Å². The summed E-state index contributed by atoms with van der Waals surface area (Å²) in [6.45, 7) is 6.86. The first-order valence-corrected chi connectivity index (χ1v) is 12.3. The van der Waals surface area contributed by atoms with Crippen molar-refractivity contribution >= 4 is 48.2 Å². The van der Waals surface area contributed by atoms with Gasteiger partial charge in [0, 0.05) is 4.47 Å². The van der Waals surface area contributed by atoms with Gasteiger partial charge in [-0.1, -0.05) is 122 Å². The van der Waals surface area contributed by atoms with Crippen LogP contribution in [-0.2, 0) is 5.41 Å². The van der Waals surface area contributed by atoms with Crippen molar-refractivity contribution < 1.29 is 0 Å². The van der Waals surface area contributed by atoms with E-state index in [1.807, 2.05) is 0 Å². The zero-order chi connectivity index (χ0) is 22.7. The molecule has 0 nitrogen and oxygen atoms in total. The van der Waals surface area contributed by atoms with Crippen LogP contribution in [0.1, 0.15) is 26.3 Å². The summed E-state index contributed by atoms with van der Waals surface area (Å²) < 4.78 is 1.14. The monoisotopic (exact) mass is 488 g/mol. The SMILES string of the molecule is CC(C)(C)c1cc2ccc3c(Br)cc(-c4cccc(-c5ccccc5)c4)c4ccc(c1)c2c34. The van der Waals surface area contributed by atoms with E-state index in [0.717, 1.165) is 4.47 Å². The Kier molecular flexibility index (Phi) is 4.61. The van der Waals surface area contributed by atoms with Crippen LogP contribution in [0.5, 0.6) is 0 Å². The topological polar surface area (TPSA) is 0 Å². The van der Waals surface area contributed by atoms with Gasteiger partial charge in [0.1, 0.15) is 0 Å². The maximum atomic E-state index is 3.90. The number of hydrogen-bond acceptors (Lipinski definition) is 0. The van der Waals surface area contributed by atoms with Crippen molar-refractivity contribution in [2.75, 3.05) is 0 Å². The largest absolute Gasteiger partial charge is 0.0622 e. The van der Waals surface area contributed by atoms with Crippen molar-refractivity contribution in [3.63, 3.8) is 0 Å². The molecular weight excluding hydrogens is 464 g/mol. The highest BCUT2D eigenvalue weighted by Gasteiger charge is 2.19. The van der Waals surface area contributed by atoms with Crippen LogP contribution >= 0.6 is 15.9 Å². The molecule has 0 aliphatic carbocycles. The highest BCUT2D eigenvalue weighted by Crippen LogP contribution is 2.44. The van der Waals surface area contributed by atoms with E-state index in [4.69, 9.17) is 0 Å². The lowest BCUT2D eigenvalue weighted by molar-refractivity contribution is 0.591. The van der Waals surface area contributed by atoms with Crippen molar-refractivity contribution in [2.45, 2.75) is 26.2 Å². The fourth-order valence-electron chi connectivity index (χ4n) is 5.04. The van der Waals surface area contributed by atoms with E-state index in [1.165, 1.54) is 60.1 Å². The quantitative estimate of drug-likeness (QED) is 0.212. The van der Waals surface area contributed by atoms with E-state index < -0.39 is 0 Å². The van der Waals surface area contributed by atoms with Gasteiger partial charge in [-0.15, -0.1) is 0 Å². The fourth-order valence-corrected chi connectivity index (χ4v) is 5.60. The van der Waals surface area contributed by atoms with Crippen molar-refractivity contribution in [1.82, 2.24) is 0 Å². The molecule has 0 amide bonds. The van der Waals surface area contributed by atoms with Crippen molar-refractivity contribution in [3.05, 3.63) is 107 Å². The summed E-state index contributed by atoms with van der Waals surface area (Å²) in [5.41, 5.74) is 6.49. The Hall–Kier alpha value is -3.16. The zero-order valence-corrected chi connectivity index (χ0v) is 20.7. The lowest BCUT2D eigenvalue weighted by Gasteiger charge is -2.22. The summed E-state index contributed by atoms with van der Waals surface area (Å²) in [6, 6.07) is 35.7. The van der Waals surface area contributed by atoms with Crippen LogP contribution in [0.3, 0.4) is 0 Å². The zero-order valence-electron chi connectivity index (χ0n) is 19.1. The molecule has 0 radical (unpaired) electrons. The summed E-state index contributed by atoms with van der Waals surface area (Å²) in [7, 11) is 0. The summed E-state index contributed by atoms with van der Waals surface area (Å²) in [6.07, 6.45) is 0. The molecule has 6 aromatic carbocycles. The van der Waals surface area contributed by atoms with Gasteiger partial charge in [0.05, 0.1) is 0 Å². The van der Waals surface area contributed by atoms with Gasteiger partial charge in [0.2, 0.25) is 0 Å². The van der Waals surface area contributed by atoms with Crippen LogP contribution in [0, 0.1) is 0 Å². The van der Waals surface area contributed by atoms with Crippen LogP contribution in [0.4, 0.5) is 0 Å². The van der Waals surface area contributed by atoms with Gasteiger partial charge in [-0.25, -0.2) is 0 Å². The molecule has 0 N–H and O–H groups in total. The second-order valence-corrected chi connectivity index (χ2v) is 10.9. The first kappa shape index (κ1) is 20.4. The van der Waals surface area contributed by atoms with Crippen LogP contribution in [-0.4, -0.2) is 0 Å². The molecule has 6 aromatic rings. The molecule has 6 rings (SSSR count). The summed E-state index contributed by atoms with van der Waals surface area (Å²) in [4.78, 5) is 0. The molecule has 0 unspecified atom stereocenters. The van der Waals surface area contributed by atoms with Crippen LogP contribution in [0.15, 0.2) is 102 Å². The minimum absolute atomic E-state index is 0.119. The fraction of sp³-hybridized carbons (Fsp3) is 0.125. The minimum atomic E-state index is 0.119. The first-order valence-electron chi connectivity index (χ1n) is 11.5. The average Bonchev–Trinajstić information content (AvgIpc) is 2.83. The Labute approximate surface area is 203 Å². The van der Waals surface area contributed by atoms with E-state index >= 15 is 0 Å². The number of benzene rings is 6. The molecule has 0 atom stereocenters. The second kappa shape index (κ2) is 7.43. The molecule has 0 heterocycles. The van der Waals surface area contributed by atoms with Gasteiger partial charge in [0.25, 0.3) is 0 Å². The third-order valence-electron chi connectivity index (χ3n) is 6.81. The number of rotatable bonds is 2. The van der Waals surface area contributed by atoms with E-state index in [-0.39, 0.29) is 5.41 Å². The van der Waals surface area contributed by atoms with Crippen molar-refractivity contribution in [1.29, 1.82) is 0 Å². The Morgan fingerprint density at radius 2 is 1.18 bits per heavy atom. The molecule has 0 saturated carbocycles. The number of hydrogen-bond donors (Lipinski definition) is 0. The Bertz CT molecular complexity index is 1620. The van der Waals surface area contributed by atoms with E-state index in [9.17, 15) is 0 Å². The average molecular weight is 489 g/mol. The Morgan fingerprint density at radius 1 is 0.545 bits per heavy atom. The van der Waals surface area contributed by atoms with Gasteiger partial charge >= 0.3 is 0 Å². The lowest BCUT2D eigenvalue weighted by Crippen LogP contribution is -2.10. The van der Waals surface area contributed by atoms with Gasteiger partial charge in [-0.05, 0) is 77.7 Å². The standard InChI is InChI=1S/C32H25Br/c1-32(2,3)25-17-23-12-14-26-28(19-29(33)27-15-13-24(18-25)30(23)31(26)27)22-11-7-10-21(16-22)20-8-5-4-6-9-20/h4-19H,1-3H3. The summed E-state index contributed by atoms with van der Waals surface area (Å²) in [5.74, 6) is 0. The Morgan fingerprint density at radius 3 is 1.88 bits per heavy atom. The molecule has 0 aliphatic rings. The molecule has 160 valence electrons. The highest BCUT2D eigenvalue weighted by atomic mass is 79.9. The smallest absolute Gasteiger partial charge is 0.0260 e. The molecule has 33 heavy (non-hydrogen) atoms. The van der Waals surface area contributed by atoms with Crippen LogP contribution in [0.25, 0.3) is 54.6 Å². The van der Waals surface area contributed by atoms with E-state index in [0.29, 0.717) is 0 Å². The van der Waals surface area contributed by atoms with Gasteiger partial charge in [0.15, 0.2) is 0 Å². The van der Waals surface area contributed by atoms with Crippen molar-refractivity contribution in [2.24, 2.45) is 0 Å².